The maximum atomic E-state index is 2.27. The molecular formula is C26H18Fe. The Morgan fingerprint density at radius 1 is 0.556 bits per heavy atom. The monoisotopic (exact) mass is 386 g/mol. The van der Waals surface area contributed by atoms with E-state index < -0.39 is 0 Å². The summed E-state index contributed by atoms with van der Waals surface area (Å²) in [5.74, 6) is 0. The van der Waals surface area contributed by atoms with Crippen LogP contribution in [0.5, 0.6) is 0 Å². The molecule has 0 aliphatic heterocycles. The van der Waals surface area contributed by atoms with Gasteiger partial charge in [-0.25, -0.2) is 12.1 Å². The molecule has 0 fully saturated rings. The van der Waals surface area contributed by atoms with Crippen molar-refractivity contribution in [1.29, 1.82) is 0 Å². The Morgan fingerprint density at radius 2 is 1.15 bits per heavy atom. The molecule has 27 heavy (non-hydrogen) atoms. The van der Waals surface area contributed by atoms with Crippen molar-refractivity contribution in [2.75, 3.05) is 0 Å². The van der Waals surface area contributed by atoms with Crippen LogP contribution in [0, 0.1) is 0 Å². The van der Waals surface area contributed by atoms with Crippen molar-refractivity contribution in [3.05, 3.63) is 109 Å². The zero-order valence-electron chi connectivity index (χ0n) is 14.7. The summed E-state index contributed by atoms with van der Waals surface area (Å²) in [6.45, 7) is 0. The fraction of sp³-hybridized carbons (Fsp3) is 0. The summed E-state index contributed by atoms with van der Waals surface area (Å²) in [5.41, 5.74) is 2.62. The molecule has 0 heterocycles. The first-order valence-corrected chi connectivity index (χ1v) is 8.97. The van der Waals surface area contributed by atoms with Crippen LogP contribution in [-0.4, -0.2) is 0 Å². The third-order valence-electron chi connectivity index (χ3n) is 5.06. The SMILES string of the molecule is [Fe+2].c1cc2ccc3ccc(-[c-]4cccc4)c4ccc(c1)c2c34.c1cc[cH-]c1. The molecule has 6 rings (SSSR count). The van der Waals surface area contributed by atoms with E-state index in [1.54, 1.807) is 0 Å². The van der Waals surface area contributed by atoms with Crippen LogP contribution in [0.2, 0.25) is 0 Å². The predicted molar refractivity (Wildman–Crippen MR) is 113 cm³/mol. The van der Waals surface area contributed by atoms with Gasteiger partial charge in [0.2, 0.25) is 0 Å². The average molecular weight is 386 g/mol. The van der Waals surface area contributed by atoms with Gasteiger partial charge in [0.25, 0.3) is 0 Å². The van der Waals surface area contributed by atoms with Gasteiger partial charge >= 0.3 is 17.1 Å². The molecule has 0 radical (unpaired) electrons. The van der Waals surface area contributed by atoms with E-state index in [4.69, 9.17) is 0 Å². The number of benzene rings is 4. The Morgan fingerprint density at radius 3 is 1.78 bits per heavy atom. The second-order valence-corrected chi connectivity index (χ2v) is 6.60. The summed E-state index contributed by atoms with van der Waals surface area (Å²) in [6.07, 6.45) is 0. The third kappa shape index (κ3) is 3.06. The zero-order chi connectivity index (χ0) is 17.3. The molecule has 0 saturated carbocycles. The van der Waals surface area contributed by atoms with E-state index in [1.165, 1.54) is 43.4 Å². The molecule has 130 valence electrons. The molecule has 0 spiro atoms. The first kappa shape index (κ1) is 17.5. The molecule has 0 aliphatic rings. The molecule has 0 aliphatic carbocycles. The Bertz CT molecular complexity index is 1230. The third-order valence-corrected chi connectivity index (χ3v) is 5.06. The molecule has 0 atom stereocenters. The number of hydrogen-bond donors (Lipinski definition) is 0. The molecule has 0 nitrogen and oxygen atoms in total. The van der Waals surface area contributed by atoms with Gasteiger partial charge in [0.15, 0.2) is 0 Å². The van der Waals surface area contributed by atoms with Crippen LogP contribution in [-0.2, 0) is 17.1 Å². The van der Waals surface area contributed by atoms with E-state index >= 15 is 0 Å². The molecule has 0 N–H and O–H groups in total. The minimum absolute atomic E-state index is 0. The van der Waals surface area contributed by atoms with Gasteiger partial charge in [-0.15, -0.1) is 23.8 Å². The van der Waals surface area contributed by atoms with Crippen molar-refractivity contribution in [3.8, 4) is 11.1 Å². The minimum atomic E-state index is 0. The summed E-state index contributed by atoms with van der Waals surface area (Å²) in [5, 5.41) is 8.10. The first-order chi connectivity index (χ1) is 12.9. The smallest absolute Gasteiger partial charge is 0.214 e. The molecule has 0 amide bonds. The Hall–Kier alpha value is -2.86. The Kier molecular flexibility index (Phi) is 4.81. The van der Waals surface area contributed by atoms with Gasteiger partial charge in [0, 0.05) is 0 Å². The van der Waals surface area contributed by atoms with E-state index in [9.17, 15) is 0 Å². The Labute approximate surface area is 169 Å². The van der Waals surface area contributed by atoms with Crippen LogP contribution in [0.4, 0.5) is 0 Å². The van der Waals surface area contributed by atoms with Crippen molar-refractivity contribution in [2.24, 2.45) is 0 Å². The van der Waals surface area contributed by atoms with Crippen LogP contribution in [0.1, 0.15) is 0 Å². The predicted octanol–water partition coefficient (Wildman–Crippen LogP) is 7.37. The van der Waals surface area contributed by atoms with Crippen LogP contribution >= 0.6 is 0 Å². The minimum Gasteiger partial charge on any atom is -0.214 e. The van der Waals surface area contributed by atoms with E-state index in [2.05, 4.69) is 78.9 Å². The van der Waals surface area contributed by atoms with E-state index in [0.717, 1.165) is 0 Å². The largest absolute Gasteiger partial charge is 2.00 e. The molecule has 6 aromatic carbocycles. The quantitative estimate of drug-likeness (QED) is 0.157. The average Bonchev–Trinajstić information content (AvgIpc) is 3.42. The summed E-state index contributed by atoms with van der Waals surface area (Å²) >= 11 is 0. The maximum Gasteiger partial charge on any atom is 2.00 e. The normalized spacial score (nSPS) is 10.7. The molecule has 1 heteroatoms. The fourth-order valence-corrected chi connectivity index (χ4v) is 3.86. The van der Waals surface area contributed by atoms with Crippen molar-refractivity contribution >= 4 is 32.3 Å². The van der Waals surface area contributed by atoms with Gasteiger partial charge in [-0.3, -0.25) is 0 Å². The molecule has 0 saturated heterocycles. The van der Waals surface area contributed by atoms with Crippen molar-refractivity contribution in [1.82, 2.24) is 0 Å². The van der Waals surface area contributed by atoms with Gasteiger partial charge in [-0.05, 0) is 26.9 Å². The second kappa shape index (κ2) is 7.40. The topological polar surface area (TPSA) is 0 Å². The van der Waals surface area contributed by atoms with Crippen LogP contribution in [0.15, 0.2) is 109 Å². The van der Waals surface area contributed by atoms with Gasteiger partial charge in [0.1, 0.15) is 0 Å². The van der Waals surface area contributed by atoms with Crippen molar-refractivity contribution < 1.29 is 17.1 Å². The summed E-state index contributed by atoms with van der Waals surface area (Å²) < 4.78 is 0. The van der Waals surface area contributed by atoms with Crippen LogP contribution in [0.3, 0.4) is 0 Å². The molecular weight excluding hydrogens is 368 g/mol. The number of hydrogen-bond acceptors (Lipinski definition) is 0. The van der Waals surface area contributed by atoms with Crippen molar-refractivity contribution in [2.45, 2.75) is 0 Å². The summed E-state index contributed by atoms with van der Waals surface area (Å²) in [6, 6.07) is 38.6. The van der Waals surface area contributed by atoms with E-state index in [0.29, 0.717) is 0 Å². The summed E-state index contributed by atoms with van der Waals surface area (Å²) in [4.78, 5) is 0. The molecule has 6 aromatic rings. The Balaban J connectivity index is 0.000000264. The standard InChI is InChI=1S/C21H13.C5H5.Fe/c1-2-5-14(4-1)18-12-10-17-9-8-15-6-3-7-16-11-13-19(18)21(17)20(15)16;1-2-4-5-3-1;/h1-13H;1-5H;/q2*-1;+2. The molecule has 0 aromatic heterocycles. The van der Waals surface area contributed by atoms with Gasteiger partial charge in [-0.2, -0.15) is 30.3 Å². The van der Waals surface area contributed by atoms with Gasteiger partial charge in [-0.1, -0.05) is 59.5 Å². The fourth-order valence-electron chi connectivity index (χ4n) is 3.86. The molecule has 0 bridgehead atoms. The van der Waals surface area contributed by atoms with Crippen molar-refractivity contribution in [3.63, 3.8) is 0 Å². The van der Waals surface area contributed by atoms with E-state index in [1.807, 2.05) is 30.3 Å². The van der Waals surface area contributed by atoms with Gasteiger partial charge < -0.3 is 0 Å². The summed E-state index contributed by atoms with van der Waals surface area (Å²) in [7, 11) is 0. The van der Waals surface area contributed by atoms with E-state index in [-0.39, 0.29) is 17.1 Å². The van der Waals surface area contributed by atoms with Crippen LogP contribution < -0.4 is 0 Å². The molecule has 0 unspecified atom stereocenters. The number of rotatable bonds is 1. The zero-order valence-corrected chi connectivity index (χ0v) is 15.9. The van der Waals surface area contributed by atoms with Gasteiger partial charge in [0.05, 0.1) is 0 Å². The second-order valence-electron chi connectivity index (χ2n) is 6.60. The first-order valence-electron chi connectivity index (χ1n) is 8.97. The maximum absolute atomic E-state index is 2.27. The van der Waals surface area contributed by atoms with Crippen LogP contribution in [0.25, 0.3) is 43.4 Å².